The minimum atomic E-state index is -0.351. The first kappa shape index (κ1) is 22.6. The molecule has 10 nitrogen and oxygen atoms in total. The molecule has 0 radical (unpaired) electrons. The van der Waals surface area contributed by atoms with Gasteiger partial charge in [0.15, 0.2) is 21.7 Å². The van der Waals surface area contributed by atoms with Crippen LogP contribution in [-0.2, 0) is 4.79 Å². The molecule has 1 aromatic carbocycles. The van der Waals surface area contributed by atoms with Crippen molar-refractivity contribution in [3.63, 3.8) is 0 Å². The maximum absolute atomic E-state index is 12.6. The van der Waals surface area contributed by atoms with Gasteiger partial charge in [-0.1, -0.05) is 28.3 Å². The number of anilines is 2. The summed E-state index contributed by atoms with van der Waals surface area (Å²) in [7, 11) is 0. The number of rotatable bonds is 10. The zero-order valence-corrected chi connectivity index (χ0v) is 18.8. The monoisotopic (exact) mass is 463 g/mol. The van der Waals surface area contributed by atoms with E-state index in [1.165, 1.54) is 23.1 Å². The van der Waals surface area contributed by atoms with Crippen molar-refractivity contribution >= 4 is 45.9 Å². The summed E-state index contributed by atoms with van der Waals surface area (Å²) in [5.41, 5.74) is 0.401. The van der Waals surface area contributed by atoms with E-state index in [2.05, 4.69) is 26.0 Å². The molecule has 12 heteroatoms. The first-order valence-corrected chi connectivity index (χ1v) is 11.2. The minimum absolute atomic E-state index is 0.116. The molecule has 0 unspecified atom stereocenters. The molecule has 0 aliphatic heterocycles. The van der Waals surface area contributed by atoms with Gasteiger partial charge in [0.05, 0.1) is 19.0 Å². The summed E-state index contributed by atoms with van der Waals surface area (Å²) < 4.78 is 16.5. The van der Waals surface area contributed by atoms with E-state index in [-0.39, 0.29) is 17.6 Å². The van der Waals surface area contributed by atoms with Crippen molar-refractivity contribution in [3.8, 4) is 11.5 Å². The molecule has 31 heavy (non-hydrogen) atoms. The van der Waals surface area contributed by atoms with Crippen LogP contribution in [0.4, 0.5) is 10.9 Å². The van der Waals surface area contributed by atoms with Gasteiger partial charge in [-0.2, -0.15) is 0 Å². The third kappa shape index (κ3) is 6.43. The number of aromatic nitrogens is 3. The quantitative estimate of drug-likeness (QED) is 0.342. The van der Waals surface area contributed by atoms with Crippen molar-refractivity contribution in [2.24, 2.45) is 0 Å². The second-order valence-corrected chi connectivity index (χ2v) is 8.21. The van der Waals surface area contributed by atoms with Gasteiger partial charge >= 0.3 is 0 Å². The molecule has 0 spiro atoms. The van der Waals surface area contributed by atoms with Gasteiger partial charge in [-0.25, -0.2) is 0 Å². The van der Waals surface area contributed by atoms with E-state index in [9.17, 15) is 9.59 Å². The molecule has 2 heterocycles. The summed E-state index contributed by atoms with van der Waals surface area (Å²) in [6.45, 7) is 6.41. The molecule has 3 rings (SSSR count). The van der Waals surface area contributed by atoms with E-state index >= 15 is 0 Å². The summed E-state index contributed by atoms with van der Waals surface area (Å²) >= 11 is 2.37. The van der Waals surface area contributed by atoms with E-state index in [0.29, 0.717) is 51.3 Å². The molecule has 0 saturated heterocycles. The van der Waals surface area contributed by atoms with Crippen LogP contribution in [0.2, 0.25) is 0 Å². The Morgan fingerprint density at radius 1 is 1.10 bits per heavy atom. The lowest BCUT2D eigenvalue weighted by Gasteiger charge is -2.12. The summed E-state index contributed by atoms with van der Waals surface area (Å²) in [6.07, 6.45) is 0. The molecule has 0 fully saturated rings. The lowest BCUT2D eigenvalue weighted by atomic mass is 10.2. The van der Waals surface area contributed by atoms with E-state index in [1.54, 1.807) is 31.2 Å². The zero-order valence-electron chi connectivity index (χ0n) is 17.1. The molecule has 0 saturated carbocycles. The zero-order chi connectivity index (χ0) is 22.2. The van der Waals surface area contributed by atoms with Crippen LogP contribution < -0.4 is 20.1 Å². The normalized spacial score (nSPS) is 10.5. The molecule has 2 N–H and O–H groups in total. The van der Waals surface area contributed by atoms with Crippen LogP contribution in [0.1, 0.15) is 30.0 Å². The molecule has 0 aliphatic rings. The van der Waals surface area contributed by atoms with Crippen molar-refractivity contribution in [1.82, 2.24) is 15.4 Å². The fraction of sp³-hybridized carbons (Fsp3) is 0.316. The predicted molar refractivity (Wildman–Crippen MR) is 117 cm³/mol. The number of ether oxygens (including phenoxy) is 2. The first-order valence-electron chi connectivity index (χ1n) is 9.39. The number of thioether (sulfide) groups is 1. The topological polar surface area (TPSA) is 128 Å². The standard InChI is InChI=1S/C19H21N5O5S2/c1-4-27-13-7-6-12(9-14(13)28-5-2)17(26)21-18-22-23-19(31-18)30-10-16(25)20-15-8-11(3)29-24-15/h6-9H,4-5,10H2,1-3H3,(H,20,24,25)(H,21,22,26). The Bertz CT molecular complexity index is 1050. The summed E-state index contributed by atoms with van der Waals surface area (Å²) in [6, 6.07) is 6.59. The number of carbonyl (C=O) groups is 2. The molecule has 0 aliphatic carbocycles. The Morgan fingerprint density at radius 3 is 2.58 bits per heavy atom. The van der Waals surface area contributed by atoms with Gasteiger partial charge in [-0.15, -0.1) is 10.2 Å². The summed E-state index contributed by atoms with van der Waals surface area (Å²) in [5.74, 6) is 1.55. The van der Waals surface area contributed by atoms with Crippen LogP contribution in [0.15, 0.2) is 33.1 Å². The number of nitrogens with zero attached hydrogens (tertiary/aromatic N) is 3. The van der Waals surface area contributed by atoms with Gasteiger partial charge < -0.3 is 19.3 Å². The fourth-order valence-electron chi connectivity index (χ4n) is 2.41. The van der Waals surface area contributed by atoms with Crippen LogP contribution in [-0.4, -0.2) is 46.1 Å². The van der Waals surface area contributed by atoms with Crippen LogP contribution >= 0.6 is 23.1 Å². The Labute approximate surface area is 186 Å². The van der Waals surface area contributed by atoms with Gasteiger partial charge in [-0.05, 0) is 39.0 Å². The van der Waals surface area contributed by atoms with Crippen LogP contribution in [0.3, 0.4) is 0 Å². The van der Waals surface area contributed by atoms with Gasteiger partial charge in [-0.3, -0.25) is 14.9 Å². The van der Waals surface area contributed by atoms with Crippen LogP contribution in [0, 0.1) is 6.92 Å². The smallest absolute Gasteiger partial charge is 0.257 e. The van der Waals surface area contributed by atoms with Crippen molar-refractivity contribution in [2.75, 3.05) is 29.6 Å². The van der Waals surface area contributed by atoms with Crippen molar-refractivity contribution in [2.45, 2.75) is 25.1 Å². The summed E-state index contributed by atoms with van der Waals surface area (Å²) in [5, 5.41) is 17.3. The lowest BCUT2D eigenvalue weighted by molar-refractivity contribution is -0.113. The average Bonchev–Trinajstić information content (AvgIpc) is 3.36. The number of nitrogens with one attached hydrogen (secondary N) is 2. The Balaban J connectivity index is 1.55. The highest BCUT2D eigenvalue weighted by Gasteiger charge is 2.15. The highest BCUT2D eigenvalue weighted by Crippen LogP contribution is 2.30. The van der Waals surface area contributed by atoms with Gasteiger partial charge in [0, 0.05) is 11.6 Å². The maximum atomic E-state index is 12.6. The van der Waals surface area contributed by atoms with Gasteiger partial charge in [0.1, 0.15) is 5.76 Å². The predicted octanol–water partition coefficient (Wildman–Crippen LogP) is 3.62. The van der Waals surface area contributed by atoms with Crippen molar-refractivity contribution in [3.05, 3.63) is 35.6 Å². The van der Waals surface area contributed by atoms with Crippen molar-refractivity contribution < 1.29 is 23.6 Å². The van der Waals surface area contributed by atoms with Crippen molar-refractivity contribution in [1.29, 1.82) is 0 Å². The molecule has 3 aromatic rings. The fourth-order valence-corrected chi connectivity index (χ4v) is 3.96. The van der Waals surface area contributed by atoms with Gasteiger partial charge in [0.25, 0.3) is 5.91 Å². The van der Waals surface area contributed by atoms with E-state index in [4.69, 9.17) is 14.0 Å². The Kier molecular flexibility index (Phi) is 7.84. The first-order chi connectivity index (χ1) is 15.0. The molecule has 2 amide bonds. The average molecular weight is 464 g/mol. The number of benzene rings is 1. The number of hydrogen-bond acceptors (Lipinski definition) is 10. The van der Waals surface area contributed by atoms with E-state index in [1.807, 2.05) is 13.8 Å². The lowest BCUT2D eigenvalue weighted by Crippen LogP contribution is -2.14. The van der Waals surface area contributed by atoms with Crippen LogP contribution in [0.5, 0.6) is 11.5 Å². The molecule has 164 valence electrons. The second kappa shape index (κ2) is 10.8. The minimum Gasteiger partial charge on any atom is -0.490 e. The highest BCUT2D eigenvalue weighted by molar-refractivity contribution is 8.01. The van der Waals surface area contributed by atoms with Gasteiger partial charge in [0.2, 0.25) is 11.0 Å². The van der Waals surface area contributed by atoms with E-state index in [0.717, 1.165) is 0 Å². The number of carbonyl (C=O) groups excluding carboxylic acids is 2. The Morgan fingerprint density at radius 2 is 1.87 bits per heavy atom. The molecule has 0 atom stereocenters. The molecule has 0 bridgehead atoms. The SMILES string of the molecule is CCOc1ccc(C(=O)Nc2nnc(SCC(=O)Nc3cc(C)on3)s2)cc1OCC. The molecular weight excluding hydrogens is 442 g/mol. The molecular formula is C19H21N5O5S2. The van der Waals surface area contributed by atoms with E-state index < -0.39 is 0 Å². The Hall–Kier alpha value is -3.12. The number of aryl methyl sites for hydroxylation is 1. The summed E-state index contributed by atoms with van der Waals surface area (Å²) in [4.78, 5) is 24.5. The number of hydrogen-bond donors (Lipinski definition) is 2. The third-order valence-corrected chi connectivity index (χ3v) is 5.63. The maximum Gasteiger partial charge on any atom is 0.257 e. The number of amides is 2. The highest BCUT2D eigenvalue weighted by atomic mass is 32.2. The second-order valence-electron chi connectivity index (χ2n) is 6.01. The third-order valence-electron chi connectivity index (χ3n) is 3.65. The van der Waals surface area contributed by atoms with Crippen LogP contribution in [0.25, 0.3) is 0 Å². The largest absolute Gasteiger partial charge is 0.490 e. The molecule has 2 aromatic heterocycles.